The summed E-state index contributed by atoms with van der Waals surface area (Å²) in [6.07, 6.45) is 0. The monoisotopic (exact) mass is 342 g/mol. The summed E-state index contributed by atoms with van der Waals surface area (Å²) in [6, 6.07) is 0. The number of hydrogen-bond donors (Lipinski definition) is 3. The van der Waals surface area contributed by atoms with Gasteiger partial charge >= 0.3 is 53.9 Å². The molecule has 0 radical (unpaired) electrons. The second-order valence-corrected chi connectivity index (χ2v) is 17.8. The van der Waals surface area contributed by atoms with E-state index in [1.165, 1.54) is 0 Å². The second kappa shape index (κ2) is 6.86. The Bertz CT molecular complexity index is 87.0. The van der Waals surface area contributed by atoms with E-state index in [-0.39, 0.29) is 0 Å². The van der Waals surface area contributed by atoms with Gasteiger partial charge in [0, 0.05) is 0 Å². The van der Waals surface area contributed by atoms with Gasteiger partial charge in [0.2, 0.25) is 0 Å². The van der Waals surface area contributed by atoms with Crippen molar-refractivity contribution in [3.05, 3.63) is 0 Å². The zero-order chi connectivity index (χ0) is 8.08. The van der Waals surface area contributed by atoms with Gasteiger partial charge in [-0.3, -0.25) is 0 Å². The third kappa shape index (κ3) is 144. The Morgan fingerprint density at radius 1 is 1.11 bits per heavy atom. The molecule has 0 saturated heterocycles. The molecule has 9 heteroatoms. The van der Waals surface area contributed by atoms with E-state index in [0.717, 1.165) is 0 Å². The molecule has 0 aliphatic carbocycles. The molecule has 0 rings (SSSR count). The average molecular weight is 343 g/mol. The van der Waals surface area contributed by atoms with Crippen LogP contribution >= 0.6 is 28.2 Å². The standard InChI is InChI=1S/3ClH.La.H3O4P/c;;;;1-5(2,3)4/h3*1H;;(H3,1,2,3,4)/q;;;+3;/p-3. The molecule has 56 valence electrons. The molecule has 0 aromatic heterocycles. The van der Waals surface area contributed by atoms with Crippen LogP contribution < -0.4 is 0 Å². The summed E-state index contributed by atoms with van der Waals surface area (Å²) in [5, 5.41) is 0. The number of phosphoric acid groups is 1. The van der Waals surface area contributed by atoms with Crippen LogP contribution in [0.5, 0.6) is 0 Å². The van der Waals surface area contributed by atoms with Gasteiger partial charge in [-0.05, 0) is 0 Å². The number of halogens is 3. The molecule has 0 atom stereocenters. The van der Waals surface area contributed by atoms with Crippen molar-refractivity contribution in [3.63, 3.8) is 0 Å². The molecule has 0 aromatic rings. The van der Waals surface area contributed by atoms with Gasteiger partial charge in [-0.15, -0.1) is 0 Å². The zero-order valence-electron chi connectivity index (χ0n) is 3.91. The molecule has 0 aliphatic heterocycles. The fourth-order valence-electron chi connectivity index (χ4n) is 0. The van der Waals surface area contributed by atoms with Crippen LogP contribution in [0.15, 0.2) is 0 Å². The predicted molar refractivity (Wildman–Crippen MR) is 31.8 cm³/mol. The van der Waals surface area contributed by atoms with Gasteiger partial charge in [0.05, 0.1) is 0 Å². The van der Waals surface area contributed by atoms with Gasteiger partial charge in [-0.2, -0.15) is 0 Å². The van der Waals surface area contributed by atoms with E-state index in [2.05, 4.69) is 0 Å². The summed E-state index contributed by atoms with van der Waals surface area (Å²) in [4.78, 5) is 21.6. The van der Waals surface area contributed by atoms with Crippen LogP contribution in [-0.2, 0) is 4.57 Å². The fourth-order valence-corrected chi connectivity index (χ4v) is 0. The van der Waals surface area contributed by atoms with E-state index >= 15 is 0 Å². The van der Waals surface area contributed by atoms with Gasteiger partial charge in [-0.1, -0.05) is 0 Å². The van der Waals surface area contributed by atoms with Crippen molar-refractivity contribution >= 4 is 28.2 Å². The molecule has 0 unspecified atom stereocenters. The molecule has 0 heterocycles. The third-order valence-corrected chi connectivity index (χ3v) is 0. The first-order valence-electron chi connectivity index (χ1n) is 1.44. The summed E-state index contributed by atoms with van der Waals surface area (Å²) in [5.74, 6) is 0. The summed E-state index contributed by atoms with van der Waals surface area (Å²) in [5.41, 5.74) is 0. The molecule has 9 heavy (non-hydrogen) atoms. The van der Waals surface area contributed by atoms with E-state index in [1.54, 1.807) is 0 Å². The molecule has 0 spiro atoms. The van der Waals surface area contributed by atoms with Crippen LogP contribution in [0.2, 0.25) is 0 Å². The fraction of sp³-hybridized carbons (Fsp3) is 0. The number of hydrogen-bond acceptors (Lipinski definition) is 1. The van der Waals surface area contributed by atoms with Crippen molar-refractivity contribution < 1.29 is 44.9 Å². The molecule has 0 fully saturated rings. The molecule has 0 aliphatic rings. The summed E-state index contributed by atoms with van der Waals surface area (Å²) >= 11 is -2.31. The van der Waals surface area contributed by atoms with E-state index in [4.69, 9.17) is 39.6 Å². The first-order valence-corrected chi connectivity index (χ1v) is 16.6. The molecule has 0 saturated carbocycles. The van der Waals surface area contributed by atoms with Crippen molar-refractivity contribution in [2.45, 2.75) is 0 Å². The predicted octanol–water partition coefficient (Wildman–Crippen LogP) is 1.14. The van der Waals surface area contributed by atoms with Crippen molar-refractivity contribution in [2.24, 2.45) is 0 Å². The van der Waals surface area contributed by atoms with Gasteiger partial charge in [-0.25, -0.2) is 4.57 Å². The summed E-state index contributed by atoms with van der Waals surface area (Å²) in [7, 11) is -4.64. The Balaban J connectivity index is 0. The van der Waals surface area contributed by atoms with E-state index in [0.29, 0.717) is 0 Å². The average Bonchev–Trinajstić information content (AvgIpc) is 1.19. The SMILES string of the molecule is O=P(O)(O)O.[Cl][La]([Cl])[Cl]. The van der Waals surface area contributed by atoms with Crippen molar-refractivity contribution in [1.82, 2.24) is 0 Å². The maximum absolute atomic E-state index is 8.88. The Morgan fingerprint density at radius 3 is 1.11 bits per heavy atom. The second-order valence-electron chi connectivity index (χ2n) is 0.761. The summed E-state index contributed by atoms with van der Waals surface area (Å²) < 4.78 is 8.88. The Hall–Kier alpha value is 2.17. The maximum atomic E-state index is 8.88. The molecule has 4 nitrogen and oxygen atoms in total. The first kappa shape index (κ1) is 13.7. The minimum absolute atomic E-state index is 2.31. The minimum atomic E-state index is -4.64. The zero-order valence-corrected chi connectivity index (χ0v) is 10.7. The van der Waals surface area contributed by atoms with Gasteiger partial charge < -0.3 is 14.7 Å². The molecular formula is H3Cl3LaO4P. The molecule has 0 bridgehead atoms. The molecule has 0 aromatic carbocycles. The summed E-state index contributed by atoms with van der Waals surface area (Å²) in [6.45, 7) is 15.1. The molecule has 3 N–H and O–H groups in total. The topological polar surface area (TPSA) is 77.8 Å². The van der Waals surface area contributed by atoms with E-state index < -0.39 is 33.5 Å². The Kier molecular flexibility index (Phi) is 10.5. The quantitative estimate of drug-likeness (QED) is 0.577. The molecular weight excluding hydrogens is 340 g/mol. The normalized spacial score (nSPS) is 9.56. The van der Waals surface area contributed by atoms with Crippen LogP contribution in [0.3, 0.4) is 0 Å². The van der Waals surface area contributed by atoms with Crippen LogP contribution in [0, 0.1) is 25.7 Å². The number of rotatable bonds is 0. The van der Waals surface area contributed by atoms with Crippen LogP contribution in [-0.4, -0.2) is 14.7 Å². The van der Waals surface area contributed by atoms with Crippen LogP contribution in [0.1, 0.15) is 0 Å². The molecule has 0 amide bonds. The van der Waals surface area contributed by atoms with Crippen LogP contribution in [0.4, 0.5) is 0 Å². The van der Waals surface area contributed by atoms with Crippen molar-refractivity contribution in [1.29, 1.82) is 0 Å². The van der Waals surface area contributed by atoms with Gasteiger partial charge in [0.15, 0.2) is 0 Å². The van der Waals surface area contributed by atoms with Gasteiger partial charge in [0.1, 0.15) is 0 Å². The van der Waals surface area contributed by atoms with Crippen molar-refractivity contribution in [3.8, 4) is 0 Å². The first-order chi connectivity index (χ1) is 3.73. The van der Waals surface area contributed by atoms with E-state index in [9.17, 15) is 0 Å². The van der Waals surface area contributed by atoms with Gasteiger partial charge in [0.25, 0.3) is 0 Å². The van der Waals surface area contributed by atoms with E-state index in [1.807, 2.05) is 0 Å². The Morgan fingerprint density at radius 2 is 1.11 bits per heavy atom. The third-order valence-electron chi connectivity index (χ3n) is 0. The Labute approximate surface area is 72.1 Å². The van der Waals surface area contributed by atoms with Crippen molar-refractivity contribution in [2.75, 3.05) is 0 Å². The van der Waals surface area contributed by atoms with Crippen LogP contribution in [0.25, 0.3) is 0 Å².